The van der Waals surface area contributed by atoms with Crippen molar-refractivity contribution in [3.05, 3.63) is 35.4 Å². The number of primary amides is 1. The highest BCUT2D eigenvalue weighted by molar-refractivity contribution is 5.91. The van der Waals surface area contributed by atoms with E-state index in [0.717, 1.165) is 12.1 Å². The number of rotatable bonds is 3. The average molecular weight is 341 g/mol. The van der Waals surface area contributed by atoms with Gasteiger partial charge >= 0.3 is 12.2 Å². The van der Waals surface area contributed by atoms with E-state index in [1.54, 1.807) is 0 Å². The van der Waals surface area contributed by atoms with Crippen LogP contribution in [0.15, 0.2) is 24.3 Å². The normalized spacial score (nSPS) is 22.3. The molecule has 8 heteroatoms. The summed E-state index contributed by atoms with van der Waals surface area (Å²) < 4.78 is 37.9. The molecule has 0 aromatic heterocycles. The fourth-order valence-corrected chi connectivity index (χ4v) is 3.15. The second-order valence-electron chi connectivity index (χ2n) is 6.40. The van der Waals surface area contributed by atoms with Crippen LogP contribution in [0.5, 0.6) is 0 Å². The van der Waals surface area contributed by atoms with Crippen molar-refractivity contribution < 1.29 is 22.8 Å². The zero-order valence-corrected chi connectivity index (χ0v) is 12.9. The van der Waals surface area contributed by atoms with Crippen molar-refractivity contribution in [3.63, 3.8) is 0 Å². The molecule has 0 unspecified atom stereocenters. The second-order valence-corrected chi connectivity index (χ2v) is 6.40. The topological polar surface area (TPSA) is 75.4 Å². The van der Waals surface area contributed by atoms with Gasteiger partial charge in [0.1, 0.15) is 0 Å². The Kier molecular flexibility index (Phi) is 3.93. The van der Waals surface area contributed by atoms with Crippen LogP contribution in [0.25, 0.3) is 0 Å². The minimum absolute atomic E-state index is 0.170. The number of nitrogens with two attached hydrogens (primary N) is 1. The van der Waals surface area contributed by atoms with E-state index in [0.29, 0.717) is 37.9 Å². The first-order valence-corrected chi connectivity index (χ1v) is 7.75. The first kappa shape index (κ1) is 16.6. The molecule has 1 heterocycles. The molecule has 1 saturated heterocycles. The van der Waals surface area contributed by atoms with Gasteiger partial charge in [0.05, 0.1) is 11.0 Å². The Morgan fingerprint density at radius 2 is 1.83 bits per heavy atom. The Labute approximate surface area is 137 Å². The van der Waals surface area contributed by atoms with Crippen LogP contribution in [0.4, 0.5) is 18.0 Å². The van der Waals surface area contributed by atoms with E-state index < -0.39 is 23.2 Å². The highest BCUT2D eigenvalue weighted by atomic mass is 19.4. The molecule has 2 aliphatic rings. The van der Waals surface area contributed by atoms with Gasteiger partial charge < -0.3 is 16.0 Å². The third kappa shape index (κ3) is 3.05. The molecule has 0 spiro atoms. The summed E-state index contributed by atoms with van der Waals surface area (Å²) in [5.41, 5.74) is 4.33. The van der Waals surface area contributed by atoms with Gasteiger partial charge in [0, 0.05) is 19.1 Å². The number of hydrogen-bond donors (Lipinski definition) is 2. The number of amides is 3. The zero-order chi connectivity index (χ0) is 17.5. The fourth-order valence-electron chi connectivity index (χ4n) is 3.15. The summed E-state index contributed by atoms with van der Waals surface area (Å²) >= 11 is 0. The number of urea groups is 1. The number of likely N-dealkylation sites (tertiary alicyclic amines) is 1. The van der Waals surface area contributed by atoms with Crippen molar-refractivity contribution >= 4 is 11.9 Å². The maximum Gasteiger partial charge on any atom is 0.416 e. The van der Waals surface area contributed by atoms with Crippen LogP contribution in [0.2, 0.25) is 0 Å². The highest BCUT2D eigenvalue weighted by Crippen LogP contribution is 2.49. The largest absolute Gasteiger partial charge is 0.416 e. The van der Waals surface area contributed by atoms with Crippen molar-refractivity contribution in [1.82, 2.24) is 10.2 Å². The van der Waals surface area contributed by atoms with Gasteiger partial charge in [0.15, 0.2) is 0 Å². The molecular weight excluding hydrogens is 323 g/mol. The van der Waals surface area contributed by atoms with Gasteiger partial charge in [-0.2, -0.15) is 13.2 Å². The molecule has 3 N–H and O–H groups in total. The van der Waals surface area contributed by atoms with Crippen LogP contribution in [0.3, 0.4) is 0 Å². The Balaban J connectivity index is 1.68. The lowest BCUT2D eigenvalue weighted by atomic mass is 9.93. The number of nitrogens with one attached hydrogen (secondary N) is 1. The number of halogens is 3. The fraction of sp³-hybridized carbons (Fsp3) is 0.500. The minimum atomic E-state index is -4.39. The molecule has 3 amide bonds. The van der Waals surface area contributed by atoms with Gasteiger partial charge in [0.2, 0.25) is 5.91 Å². The van der Waals surface area contributed by atoms with E-state index >= 15 is 0 Å². The molecule has 1 aliphatic carbocycles. The summed E-state index contributed by atoms with van der Waals surface area (Å²) in [6.45, 7) is 0.859. The summed E-state index contributed by atoms with van der Waals surface area (Å²) in [6.07, 6.45) is -2.55. The van der Waals surface area contributed by atoms with E-state index in [4.69, 9.17) is 5.73 Å². The monoisotopic (exact) mass is 341 g/mol. The SMILES string of the molecule is NC(=O)N1CC[C@H](NC(=O)C2(c3ccc(C(F)(F)F)cc3)CC2)C1. The molecule has 1 aliphatic heterocycles. The van der Waals surface area contributed by atoms with Crippen molar-refractivity contribution in [3.8, 4) is 0 Å². The number of hydrogen-bond acceptors (Lipinski definition) is 2. The van der Waals surface area contributed by atoms with Crippen molar-refractivity contribution in [2.24, 2.45) is 5.73 Å². The number of carbonyl (C=O) groups is 2. The maximum atomic E-state index is 12.6. The molecule has 1 saturated carbocycles. The molecule has 0 radical (unpaired) electrons. The Morgan fingerprint density at radius 1 is 1.21 bits per heavy atom. The second kappa shape index (κ2) is 5.68. The predicted molar refractivity (Wildman–Crippen MR) is 80.1 cm³/mol. The lowest BCUT2D eigenvalue weighted by Gasteiger charge is -2.20. The Morgan fingerprint density at radius 3 is 2.29 bits per heavy atom. The van der Waals surface area contributed by atoms with E-state index in [-0.39, 0.29) is 11.9 Å². The highest BCUT2D eigenvalue weighted by Gasteiger charge is 2.52. The third-order valence-electron chi connectivity index (χ3n) is 4.78. The molecule has 0 bridgehead atoms. The van der Waals surface area contributed by atoms with Gasteiger partial charge in [-0.15, -0.1) is 0 Å². The standard InChI is InChI=1S/C16H18F3N3O2/c17-16(18,19)11-3-1-10(2-4-11)15(6-7-15)13(23)21-12-5-8-22(9-12)14(20)24/h1-4,12H,5-9H2,(H2,20,24)(H,21,23)/t12-/m0/s1. The molecule has 1 aromatic rings. The summed E-state index contributed by atoms with van der Waals surface area (Å²) in [6, 6.07) is 4.08. The van der Waals surface area contributed by atoms with E-state index in [1.807, 2.05) is 0 Å². The van der Waals surface area contributed by atoms with Crippen LogP contribution < -0.4 is 11.1 Å². The van der Waals surface area contributed by atoms with Gasteiger partial charge in [0.25, 0.3) is 0 Å². The summed E-state index contributed by atoms with van der Waals surface area (Å²) in [7, 11) is 0. The zero-order valence-electron chi connectivity index (χ0n) is 12.9. The number of carbonyl (C=O) groups excluding carboxylic acids is 2. The summed E-state index contributed by atoms with van der Waals surface area (Å²) in [5, 5.41) is 2.90. The van der Waals surface area contributed by atoms with Crippen LogP contribution in [-0.4, -0.2) is 36.0 Å². The van der Waals surface area contributed by atoms with Crippen LogP contribution in [0.1, 0.15) is 30.4 Å². The molecule has 24 heavy (non-hydrogen) atoms. The number of nitrogens with zero attached hydrogens (tertiary/aromatic N) is 1. The van der Waals surface area contributed by atoms with E-state index in [2.05, 4.69) is 5.32 Å². The number of benzene rings is 1. The third-order valence-corrected chi connectivity index (χ3v) is 4.78. The van der Waals surface area contributed by atoms with Gasteiger partial charge in [-0.3, -0.25) is 4.79 Å². The quantitative estimate of drug-likeness (QED) is 0.882. The first-order chi connectivity index (χ1) is 11.2. The summed E-state index contributed by atoms with van der Waals surface area (Å²) in [5.74, 6) is -0.196. The maximum absolute atomic E-state index is 12.6. The van der Waals surface area contributed by atoms with Crippen molar-refractivity contribution in [1.29, 1.82) is 0 Å². The van der Waals surface area contributed by atoms with Crippen molar-refractivity contribution in [2.75, 3.05) is 13.1 Å². The Hall–Kier alpha value is -2.25. The molecule has 1 aromatic carbocycles. The Bertz CT molecular complexity index is 654. The molecule has 5 nitrogen and oxygen atoms in total. The average Bonchev–Trinajstić information content (AvgIpc) is 3.20. The van der Waals surface area contributed by atoms with Gasteiger partial charge in [-0.05, 0) is 37.0 Å². The summed E-state index contributed by atoms with van der Waals surface area (Å²) in [4.78, 5) is 25.2. The molecule has 2 fully saturated rings. The van der Waals surface area contributed by atoms with Gasteiger partial charge in [-0.1, -0.05) is 12.1 Å². The van der Waals surface area contributed by atoms with Crippen LogP contribution in [0, 0.1) is 0 Å². The first-order valence-electron chi connectivity index (χ1n) is 7.75. The van der Waals surface area contributed by atoms with Crippen LogP contribution >= 0.6 is 0 Å². The van der Waals surface area contributed by atoms with Crippen LogP contribution in [-0.2, 0) is 16.4 Å². The predicted octanol–water partition coefficient (Wildman–Crippen LogP) is 2.01. The van der Waals surface area contributed by atoms with E-state index in [9.17, 15) is 22.8 Å². The van der Waals surface area contributed by atoms with E-state index in [1.165, 1.54) is 17.0 Å². The lowest BCUT2D eigenvalue weighted by Crippen LogP contribution is -2.44. The molecule has 130 valence electrons. The lowest BCUT2D eigenvalue weighted by molar-refractivity contribution is -0.137. The minimum Gasteiger partial charge on any atom is -0.351 e. The van der Waals surface area contributed by atoms with Crippen molar-refractivity contribution in [2.45, 2.75) is 36.9 Å². The molecular formula is C16H18F3N3O2. The molecule has 1 atom stereocenters. The number of alkyl halides is 3. The molecule has 3 rings (SSSR count). The smallest absolute Gasteiger partial charge is 0.351 e. The van der Waals surface area contributed by atoms with Gasteiger partial charge in [-0.25, -0.2) is 4.79 Å².